The van der Waals surface area contributed by atoms with Gasteiger partial charge in [-0.15, -0.1) is 11.6 Å². The van der Waals surface area contributed by atoms with E-state index >= 15 is 0 Å². The van der Waals surface area contributed by atoms with Crippen LogP contribution in [0.5, 0.6) is 0 Å². The van der Waals surface area contributed by atoms with Crippen LogP contribution in [-0.2, 0) is 6.42 Å². The lowest BCUT2D eigenvalue weighted by molar-refractivity contribution is 0.607. The predicted octanol–water partition coefficient (Wildman–Crippen LogP) is 5.96. The molecule has 0 aliphatic carbocycles. The highest BCUT2D eigenvalue weighted by Crippen LogP contribution is 2.34. The van der Waals surface area contributed by atoms with Crippen LogP contribution in [0.25, 0.3) is 0 Å². The van der Waals surface area contributed by atoms with E-state index in [1.165, 1.54) is 6.07 Å². The van der Waals surface area contributed by atoms with Crippen molar-refractivity contribution in [2.45, 2.75) is 18.7 Å². The lowest BCUT2D eigenvalue weighted by atomic mass is 10.0. The lowest BCUT2D eigenvalue weighted by Crippen LogP contribution is -2.01. The summed E-state index contributed by atoms with van der Waals surface area (Å²) in [4.78, 5) is 0. The monoisotopic (exact) mass is 316 g/mol. The van der Waals surface area contributed by atoms with E-state index in [0.29, 0.717) is 22.0 Å². The van der Waals surface area contributed by atoms with Gasteiger partial charge in [0.1, 0.15) is 5.82 Å². The van der Waals surface area contributed by atoms with E-state index in [9.17, 15) is 4.39 Å². The first kappa shape index (κ1) is 14.6. The molecule has 4 heteroatoms. The SMILES string of the molecule is Cc1cccc(C(Cl)Cc2c(F)cccc2Cl)c1Cl. The maximum atomic E-state index is 13.7. The van der Waals surface area contributed by atoms with E-state index in [2.05, 4.69) is 0 Å². The summed E-state index contributed by atoms with van der Waals surface area (Å²) >= 11 is 18.6. The summed E-state index contributed by atoms with van der Waals surface area (Å²) in [5, 5.41) is 0.589. The van der Waals surface area contributed by atoms with Crippen LogP contribution < -0.4 is 0 Å². The van der Waals surface area contributed by atoms with Crippen molar-refractivity contribution in [3.05, 3.63) is 69.0 Å². The zero-order chi connectivity index (χ0) is 14.0. The molecule has 0 bridgehead atoms. The van der Waals surface area contributed by atoms with Crippen molar-refractivity contribution < 1.29 is 4.39 Å². The van der Waals surface area contributed by atoms with Crippen LogP contribution in [0.3, 0.4) is 0 Å². The molecule has 0 aliphatic rings. The number of rotatable bonds is 3. The summed E-state index contributed by atoms with van der Waals surface area (Å²) in [5.41, 5.74) is 2.16. The van der Waals surface area contributed by atoms with E-state index in [-0.39, 0.29) is 5.82 Å². The van der Waals surface area contributed by atoms with Gasteiger partial charge in [0.25, 0.3) is 0 Å². The third-order valence-electron chi connectivity index (χ3n) is 3.00. The first-order valence-corrected chi connectivity index (χ1v) is 7.02. The third-order valence-corrected chi connectivity index (χ3v) is 4.26. The molecular weight excluding hydrogens is 306 g/mol. The number of hydrogen-bond acceptors (Lipinski definition) is 0. The average Bonchev–Trinajstić information content (AvgIpc) is 2.37. The number of aryl methyl sites for hydroxylation is 1. The van der Waals surface area contributed by atoms with Crippen molar-refractivity contribution in [1.82, 2.24) is 0 Å². The fourth-order valence-corrected chi connectivity index (χ4v) is 2.82. The lowest BCUT2D eigenvalue weighted by Gasteiger charge is -2.14. The van der Waals surface area contributed by atoms with Crippen molar-refractivity contribution in [3.63, 3.8) is 0 Å². The van der Waals surface area contributed by atoms with Gasteiger partial charge in [-0.1, -0.05) is 47.5 Å². The minimum atomic E-state index is -0.415. The Kier molecular flexibility index (Phi) is 4.72. The maximum Gasteiger partial charge on any atom is 0.127 e. The summed E-state index contributed by atoms with van der Waals surface area (Å²) < 4.78 is 13.7. The van der Waals surface area contributed by atoms with Crippen LogP contribution in [0.4, 0.5) is 4.39 Å². The molecule has 0 nitrogen and oxygen atoms in total. The molecule has 0 amide bonds. The van der Waals surface area contributed by atoms with E-state index in [0.717, 1.165) is 11.1 Å². The summed E-state index contributed by atoms with van der Waals surface area (Å²) in [6.07, 6.45) is 0.302. The highest BCUT2D eigenvalue weighted by Gasteiger charge is 2.17. The van der Waals surface area contributed by atoms with Gasteiger partial charge < -0.3 is 0 Å². The second-order valence-corrected chi connectivity index (χ2v) is 5.66. The molecule has 0 saturated heterocycles. The quantitative estimate of drug-likeness (QED) is 0.612. The molecule has 100 valence electrons. The van der Waals surface area contributed by atoms with Gasteiger partial charge in [-0.05, 0) is 36.6 Å². The molecule has 0 radical (unpaired) electrons. The minimum Gasteiger partial charge on any atom is -0.207 e. The van der Waals surface area contributed by atoms with E-state index < -0.39 is 5.38 Å². The fourth-order valence-electron chi connectivity index (χ4n) is 1.93. The average molecular weight is 318 g/mol. The first-order valence-electron chi connectivity index (χ1n) is 5.82. The smallest absolute Gasteiger partial charge is 0.127 e. The van der Waals surface area contributed by atoms with Gasteiger partial charge >= 0.3 is 0 Å². The topological polar surface area (TPSA) is 0 Å². The Morgan fingerprint density at radius 1 is 1.11 bits per heavy atom. The Bertz CT molecular complexity index is 576. The van der Waals surface area contributed by atoms with Gasteiger partial charge in [-0.25, -0.2) is 4.39 Å². The van der Waals surface area contributed by atoms with Crippen LogP contribution in [0.15, 0.2) is 36.4 Å². The van der Waals surface area contributed by atoms with E-state index in [4.69, 9.17) is 34.8 Å². The van der Waals surface area contributed by atoms with Crippen molar-refractivity contribution in [2.75, 3.05) is 0 Å². The molecule has 1 unspecified atom stereocenters. The predicted molar refractivity (Wildman–Crippen MR) is 79.9 cm³/mol. The second-order valence-electron chi connectivity index (χ2n) is 4.35. The van der Waals surface area contributed by atoms with Gasteiger partial charge in [0.05, 0.1) is 5.38 Å². The first-order chi connectivity index (χ1) is 9.00. The van der Waals surface area contributed by atoms with Crippen LogP contribution in [0, 0.1) is 12.7 Å². The highest BCUT2D eigenvalue weighted by molar-refractivity contribution is 6.33. The standard InChI is InChI=1S/C15H12Cl3F/c1-9-4-2-5-10(15(9)18)13(17)8-11-12(16)6-3-7-14(11)19/h2-7,13H,8H2,1H3. The molecule has 1 atom stereocenters. The van der Waals surface area contributed by atoms with Gasteiger partial charge in [-0.3, -0.25) is 0 Å². The van der Waals surface area contributed by atoms with Crippen molar-refractivity contribution in [2.24, 2.45) is 0 Å². The van der Waals surface area contributed by atoms with Crippen molar-refractivity contribution >= 4 is 34.8 Å². The molecule has 0 heterocycles. The van der Waals surface area contributed by atoms with Gasteiger partial charge in [0, 0.05) is 15.6 Å². The van der Waals surface area contributed by atoms with Crippen molar-refractivity contribution in [3.8, 4) is 0 Å². The largest absolute Gasteiger partial charge is 0.207 e. The number of halogens is 4. The molecule has 2 rings (SSSR count). The Labute approximate surface area is 127 Å². The summed E-state index contributed by atoms with van der Waals surface area (Å²) in [7, 11) is 0. The van der Waals surface area contributed by atoms with Crippen LogP contribution in [0.1, 0.15) is 22.1 Å². The summed E-state index contributed by atoms with van der Waals surface area (Å²) in [5.74, 6) is -0.345. The zero-order valence-electron chi connectivity index (χ0n) is 10.3. The maximum absolute atomic E-state index is 13.7. The number of alkyl halides is 1. The van der Waals surface area contributed by atoms with Gasteiger partial charge in [0.2, 0.25) is 0 Å². The number of benzene rings is 2. The molecule has 0 fully saturated rings. The summed E-state index contributed by atoms with van der Waals surface area (Å²) in [6, 6.07) is 10.2. The van der Waals surface area contributed by atoms with E-state index in [1.54, 1.807) is 12.1 Å². The molecular formula is C15H12Cl3F. The minimum absolute atomic E-state index is 0.302. The number of hydrogen-bond donors (Lipinski definition) is 0. The molecule has 2 aromatic rings. The Morgan fingerprint density at radius 3 is 2.47 bits per heavy atom. The normalized spacial score (nSPS) is 12.5. The Balaban J connectivity index is 2.31. The molecule has 0 saturated carbocycles. The molecule has 0 aliphatic heterocycles. The van der Waals surface area contributed by atoms with Gasteiger partial charge in [0.15, 0.2) is 0 Å². The molecule has 0 N–H and O–H groups in total. The van der Waals surface area contributed by atoms with Crippen LogP contribution >= 0.6 is 34.8 Å². The summed E-state index contributed by atoms with van der Waals surface area (Å²) in [6.45, 7) is 1.91. The highest BCUT2D eigenvalue weighted by atomic mass is 35.5. The second kappa shape index (κ2) is 6.13. The Hall–Kier alpha value is -0.760. The fraction of sp³-hybridized carbons (Fsp3) is 0.200. The zero-order valence-corrected chi connectivity index (χ0v) is 12.5. The van der Waals surface area contributed by atoms with Gasteiger partial charge in [-0.2, -0.15) is 0 Å². The third kappa shape index (κ3) is 3.22. The van der Waals surface area contributed by atoms with Crippen molar-refractivity contribution in [1.29, 1.82) is 0 Å². The Morgan fingerprint density at radius 2 is 1.79 bits per heavy atom. The molecule has 0 aromatic heterocycles. The molecule has 19 heavy (non-hydrogen) atoms. The van der Waals surface area contributed by atoms with Crippen LogP contribution in [0.2, 0.25) is 10.0 Å². The molecule has 2 aromatic carbocycles. The van der Waals surface area contributed by atoms with Crippen LogP contribution in [-0.4, -0.2) is 0 Å². The van der Waals surface area contributed by atoms with E-state index in [1.807, 2.05) is 25.1 Å². The molecule has 0 spiro atoms.